The molecule has 0 spiro atoms. The first kappa shape index (κ1) is 13.3. The molecule has 5 heteroatoms. The topological polar surface area (TPSA) is 46.2 Å². The average Bonchev–Trinajstić information content (AvgIpc) is 2.13. The van der Waals surface area contributed by atoms with Gasteiger partial charge in [-0.2, -0.15) is 0 Å². The first-order valence-corrected chi connectivity index (χ1v) is 8.04. The summed E-state index contributed by atoms with van der Waals surface area (Å²) in [6.07, 6.45) is 6.60. The van der Waals surface area contributed by atoms with Gasteiger partial charge >= 0.3 is 0 Å². The molecule has 0 aromatic heterocycles. The molecule has 0 aromatic rings. The number of sulfone groups is 1. The van der Waals surface area contributed by atoms with Crippen LogP contribution in [0.2, 0.25) is 0 Å². The molecule has 1 rings (SSSR count). The van der Waals surface area contributed by atoms with E-state index in [2.05, 4.69) is 5.32 Å². The summed E-state index contributed by atoms with van der Waals surface area (Å²) in [5.41, 5.74) is 0. The summed E-state index contributed by atoms with van der Waals surface area (Å²) in [4.78, 5) is 0. The minimum Gasteiger partial charge on any atom is -0.312 e. The third-order valence-electron chi connectivity index (χ3n) is 2.78. The average molecular weight is 254 g/mol. The van der Waals surface area contributed by atoms with Crippen LogP contribution in [-0.4, -0.2) is 38.4 Å². The van der Waals surface area contributed by atoms with Crippen LogP contribution in [0.1, 0.15) is 32.1 Å². The van der Waals surface area contributed by atoms with E-state index in [4.69, 9.17) is 11.6 Å². The number of hydrogen-bond donors (Lipinski definition) is 1. The van der Waals surface area contributed by atoms with E-state index in [0.717, 1.165) is 19.4 Å². The summed E-state index contributed by atoms with van der Waals surface area (Å²) < 4.78 is 21.8. The van der Waals surface area contributed by atoms with Gasteiger partial charge in [0.25, 0.3) is 0 Å². The second kappa shape index (κ2) is 6.06. The highest BCUT2D eigenvalue weighted by atomic mass is 35.5. The molecule has 0 amide bonds. The zero-order chi connectivity index (χ0) is 11.3. The molecule has 15 heavy (non-hydrogen) atoms. The maximum atomic E-state index is 10.9. The molecule has 0 heterocycles. The van der Waals surface area contributed by atoms with Crippen LogP contribution in [0.15, 0.2) is 0 Å². The Hall–Kier alpha value is 0.200. The lowest BCUT2D eigenvalue weighted by atomic mass is 9.95. The Morgan fingerprint density at radius 3 is 2.60 bits per heavy atom. The van der Waals surface area contributed by atoms with Gasteiger partial charge < -0.3 is 5.32 Å². The normalized spacial score (nSPS) is 27.9. The van der Waals surface area contributed by atoms with E-state index < -0.39 is 9.84 Å². The Bertz CT molecular complexity index is 279. The van der Waals surface area contributed by atoms with Crippen molar-refractivity contribution in [3.8, 4) is 0 Å². The SMILES string of the molecule is CS(=O)(=O)CCCNC1CCCCC1Cl. The first-order chi connectivity index (χ1) is 6.99. The fourth-order valence-corrected chi connectivity index (χ4v) is 2.98. The molecular formula is C10H20ClNO2S. The standard InChI is InChI=1S/C10H20ClNO2S/c1-15(13,14)8-4-7-12-10-6-3-2-5-9(10)11/h9-10,12H,2-8H2,1H3. The van der Waals surface area contributed by atoms with Crippen molar-refractivity contribution >= 4 is 21.4 Å². The molecule has 1 fully saturated rings. The maximum Gasteiger partial charge on any atom is 0.147 e. The van der Waals surface area contributed by atoms with Crippen molar-refractivity contribution < 1.29 is 8.42 Å². The Morgan fingerprint density at radius 1 is 1.33 bits per heavy atom. The van der Waals surface area contributed by atoms with Crippen molar-refractivity contribution in [2.75, 3.05) is 18.6 Å². The van der Waals surface area contributed by atoms with E-state index in [1.165, 1.54) is 19.1 Å². The molecule has 0 bridgehead atoms. The number of nitrogens with one attached hydrogen (secondary N) is 1. The smallest absolute Gasteiger partial charge is 0.147 e. The molecular weight excluding hydrogens is 234 g/mol. The molecule has 1 N–H and O–H groups in total. The fourth-order valence-electron chi connectivity index (χ4n) is 1.94. The highest BCUT2D eigenvalue weighted by Gasteiger charge is 2.22. The van der Waals surface area contributed by atoms with Gasteiger partial charge in [-0.3, -0.25) is 0 Å². The second-order valence-corrected chi connectivity index (χ2v) is 7.16. The summed E-state index contributed by atoms with van der Waals surface area (Å²) in [6, 6.07) is 0.375. The molecule has 0 aliphatic heterocycles. The molecule has 3 nitrogen and oxygen atoms in total. The third-order valence-corrected chi connectivity index (χ3v) is 4.33. The maximum absolute atomic E-state index is 10.9. The van der Waals surface area contributed by atoms with E-state index in [1.807, 2.05) is 0 Å². The Kier molecular flexibility index (Phi) is 5.36. The Morgan fingerprint density at radius 2 is 2.00 bits per heavy atom. The number of halogens is 1. The van der Waals surface area contributed by atoms with Crippen LogP contribution in [0, 0.1) is 0 Å². The van der Waals surface area contributed by atoms with Crippen LogP contribution in [0.5, 0.6) is 0 Å². The van der Waals surface area contributed by atoms with E-state index in [-0.39, 0.29) is 11.1 Å². The molecule has 1 aliphatic carbocycles. The predicted molar refractivity (Wildman–Crippen MR) is 64.2 cm³/mol. The van der Waals surface area contributed by atoms with E-state index in [0.29, 0.717) is 12.5 Å². The molecule has 1 saturated carbocycles. The minimum atomic E-state index is -2.81. The van der Waals surface area contributed by atoms with E-state index in [1.54, 1.807) is 0 Å². The van der Waals surface area contributed by atoms with Gasteiger partial charge in [0.15, 0.2) is 0 Å². The van der Waals surface area contributed by atoms with Gasteiger partial charge in [0.05, 0.1) is 5.75 Å². The molecule has 2 atom stereocenters. The second-order valence-electron chi connectivity index (χ2n) is 4.34. The third kappa shape index (κ3) is 5.73. The largest absolute Gasteiger partial charge is 0.312 e. The van der Waals surface area contributed by atoms with Crippen LogP contribution in [0.25, 0.3) is 0 Å². The van der Waals surface area contributed by atoms with Crippen molar-refractivity contribution in [3.63, 3.8) is 0 Å². The lowest BCUT2D eigenvalue weighted by Gasteiger charge is -2.27. The van der Waals surface area contributed by atoms with E-state index in [9.17, 15) is 8.42 Å². The highest BCUT2D eigenvalue weighted by molar-refractivity contribution is 7.90. The molecule has 0 radical (unpaired) electrons. The zero-order valence-electron chi connectivity index (χ0n) is 9.21. The van der Waals surface area contributed by atoms with Gasteiger partial charge in [-0.1, -0.05) is 12.8 Å². The lowest BCUT2D eigenvalue weighted by molar-refractivity contribution is 0.380. The zero-order valence-corrected chi connectivity index (χ0v) is 10.8. The van der Waals surface area contributed by atoms with Crippen molar-refractivity contribution in [1.82, 2.24) is 5.32 Å². The van der Waals surface area contributed by atoms with Crippen molar-refractivity contribution in [2.24, 2.45) is 0 Å². The first-order valence-electron chi connectivity index (χ1n) is 5.54. The van der Waals surface area contributed by atoms with E-state index >= 15 is 0 Å². The van der Waals surface area contributed by atoms with Gasteiger partial charge in [0.1, 0.15) is 9.84 Å². The summed E-state index contributed by atoms with van der Waals surface area (Å²) >= 11 is 6.17. The van der Waals surface area contributed by atoms with Crippen LogP contribution in [0.3, 0.4) is 0 Å². The predicted octanol–water partition coefficient (Wildman–Crippen LogP) is 1.56. The summed E-state index contributed by atoms with van der Waals surface area (Å²) in [7, 11) is -2.81. The Balaban J connectivity index is 2.14. The number of rotatable bonds is 5. The molecule has 0 aromatic carbocycles. The molecule has 2 unspecified atom stereocenters. The minimum absolute atomic E-state index is 0.219. The van der Waals surface area contributed by atoms with Crippen LogP contribution >= 0.6 is 11.6 Å². The van der Waals surface area contributed by atoms with Gasteiger partial charge in [-0.05, 0) is 25.8 Å². The molecule has 1 aliphatic rings. The Labute approximate surface area is 97.5 Å². The van der Waals surface area contributed by atoms with Crippen molar-refractivity contribution in [3.05, 3.63) is 0 Å². The summed E-state index contributed by atoms with van der Waals surface area (Å²) in [6.45, 7) is 0.751. The van der Waals surface area contributed by atoms with Crippen LogP contribution < -0.4 is 5.32 Å². The van der Waals surface area contributed by atoms with Crippen molar-refractivity contribution in [1.29, 1.82) is 0 Å². The quantitative estimate of drug-likeness (QED) is 0.598. The van der Waals surface area contributed by atoms with Gasteiger partial charge in [0.2, 0.25) is 0 Å². The van der Waals surface area contributed by atoms with Gasteiger partial charge in [-0.15, -0.1) is 11.6 Å². The van der Waals surface area contributed by atoms with Crippen LogP contribution in [0.4, 0.5) is 0 Å². The highest BCUT2D eigenvalue weighted by Crippen LogP contribution is 2.22. The monoisotopic (exact) mass is 253 g/mol. The number of hydrogen-bond acceptors (Lipinski definition) is 3. The van der Waals surface area contributed by atoms with Gasteiger partial charge in [-0.25, -0.2) is 8.42 Å². The molecule has 0 saturated heterocycles. The molecule has 90 valence electrons. The van der Waals surface area contributed by atoms with Crippen LogP contribution in [-0.2, 0) is 9.84 Å². The summed E-state index contributed by atoms with van der Waals surface area (Å²) in [5, 5.41) is 3.57. The van der Waals surface area contributed by atoms with Gasteiger partial charge in [0, 0.05) is 17.7 Å². The summed E-state index contributed by atoms with van der Waals surface area (Å²) in [5.74, 6) is 0.264. The van der Waals surface area contributed by atoms with Crippen molar-refractivity contribution in [2.45, 2.75) is 43.5 Å². The number of alkyl halides is 1. The fraction of sp³-hybridized carbons (Fsp3) is 1.00. The lowest BCUT2D eigenvalue weighted by Crippen LogP contribution is -2.40.